The molecule has 0 aliphatic heterocycles. The summed E-state index contributed by atoms with van der Waals surface area (Å²) in [6.45, 7) is 0.557. The van der Waals surface area contributed by atoms with Gasteiger partial charge in [-0.3, -0.25) is 4.79 Å². The van der Waals surface area contributed by atoms with Crippen LogP contribution < -0.4 is 0 Å². The Balaban J connectivity index is 1.57. The summed E-state index contributed by atoms with van der Waals surface area (Å²) in [6.07, 6.45) is 3.09. The topological polar surface area (TPSA) is 97.6 Å². The van der Waals surface area contributed by atoms with Gasteiger partial charge in [0.2, 0.25) is 5.89 Å². The number of carbonyl (C=O) groups excluding carboxylic acids is 1. The molecule has 0 radical (unpaired) electrons. The first-order valence-corrected chi connectivity index (χ1v) is 7.95. The Morgan fingerprint density at radius 3 is 2.69 bits per heavy atom. The van der Waals surface area contributed by atoms with E-state index in [0.717, 1.165) is 5.56 Å². The molecular weight excluding hydrogens is 330 g/mol. The van der Waals surface area contributed by atoms with Gasteiger partial charge in [0.25, 0.3) is 0 Å². The van der Waals surface area contributed by atoms with Crippen LogP contribution in [0.5, 0.6) is 0 Å². The van der Waals surface area contributed by atoms with Crippen LogP contribution in [0.1, 0.15) is 27.7 Å². The van der Waals surface area contributed by atoms with Crippen LogP contribution in [0.15, 0.2) is 65.6 Å². The molecule has 0 N–H and O–H groups in total. The van der Waals surface area contributed by atoms with E-state index in [0.29, 0.717) is 23.2 Å². The Bertz CT molecular complexity index is 1060. The predicted molar refractivity (Wildman–Crippen MR) is 92.3 cm³/mol. The van der Waals surface area contributed by atoms with E-state index in [2.05, 4.69) is 15.1 Å². The van der Waals surface area contributed by atoms with Gasteiger partial charge in [-0.15, -0.1) is 0 Å². The quantitative estimate of drug-likeness (QED) is 0.517. The Kier molecular flexibility index (Phi) is 4.00. The first-order chi connectivity index (χ1) is 12.7. The Labute approximate surface area is 148 Å². The molecule has 0 unspecified atom stereocenters. The summed E-state index contributed by atoms with van der Waals surface area (Å²) in [5.74, 6) is -1.31. The zero-order valence-corrected chi connectivity index (χ0v) is 13.6. The third-order valence-corrected chi connectivity index (χ3v) is 4.00. The number of rotatable bonds is 5. The van der Waals surface area contributed by atoms with Crippen molar-refractivity contribution in [3.63, 3.8) is 0 Å². The maximum Gasteiger partial charge on any atom is 0.220 e. The largest absolute Gasteiger partial charge is 0.439 e. The van der Waals surface area contributed by atoms with Crippen molar-refractivity contribution in [1.29, 1.82) is 5.26 Å². The first kappa shape index (κ1) is 15.7. The number of Topliss-reactive ketones (excluding diaryl/α,β-unsaturated/α-hetero) is 1. The van der Waals surface area contributed by atoms with Crippen LogP contribution in [0.25, 0.3) is 11.1 Å². The minimum absolute atomic E-state index is 0.116. The molecule has 26 heavy (non-hydrogen) atoms. The number of hydrogen-bond acceptors (Lipinski definition) is 6. The normalized spacial score (nSPS) is 12.0. The first-order valence-electron chi connectivity index (χ1n) is 7.95. The van der Waals surface area contributed by atoms with E-state index in [9.17, 15) is 10.1 Å². The minimum atomic E-state index is -1.08. The molecule has 0 saturated heterocycles. The highest BCUT2D eigenvalue weighted by atomic mass is 16.3. The number of benzene rings is 2. The Morgan fingerprint density at radius 2 is 2.00 bits per heavy atom. The van der Waals surface area contributed by atoms with Gasteiger partial charge in [0.15, 0.2) is 17.3 Å². The number of nitriles is 1. The molecule has 0 aliphatic rings. The van der Waals surface area contributed by atoms with Crippen molar-refractivity contribution in [2.75, 3.05) is 0 Å². The van der Waals surface area contributed by atoms with E-state index in [4.69, 9.17) is 4.42 Å². The molecule has 2 aromatic heterocycles. The minimum Gasteiger partial charge on any atom is -0.439 e. The maximum absolute atomic E-state index is 12.7. The number of oxazole rings is 1. The fourth-order valence-corrected chi connectivity index (χ4v) is 2.68. The van der Waals surface area contributed by atoms with Crippen molar-refractivity contribution in [1.82, 2.24) is 19.7 Å². The fourth-order valence-electron chi connectivity index (χ4n) is 2.68. The Morgan fingerprint density at radius 1 is 1.19 bits per heavy atom. The lowest BCUT2D eigenvalue weighted by molar-refractivity contribution is 0.0970. The molecular formula is C19H13N5O2. The lowest BCUT2D eigenvalue weighted by Gasteiger charge is -2.06. The van der Waals surface area contributed by atoms with Crippen molar-refractivity contribution in [3.05, 3.63) is 78.2 Å². The van der Waals surface area contributed by atoms with Crippen LogP contribution in [0.3, 0.4) is 0 Å². The highest BCUT2D eigenvalue weighted by Crippen LogP contribution is 2.24. The average molecular weight is 343 g/mol. The van der Waals surface area contributed by atoms with Gasteiger partial charge in [-0.05, 0) is 17.7 Å². The van der Waals surface area contributed by atoms with Gasteiger partial charge in [-0.2, -0.15) is 10.4 Å². The Hall–Kier alpha value is -3.79. The number of carbonyl (C=O) groups is 1. The highest BCUT2D eigenvalue weighted by Gasteiger charge is 2.27. The van der Waals surface area contributed by atoms with Crippen molar-refractivity contribution in [2.24, 2.45) is 0 Å². The van der Waals surface area contributed by atoms with E-state index >= 15 is 0 Å². The molecule has 7 heteroatoms. The second kappa shape index (κ2) is 6.61. The van der Waals surface area contributed by atoms with Gasteiger partial charge in [-0.25, -0.2) is 14.6 Å². The van der Waals surface area contributed by atoms with Gasteiger partial charge in [0.05, 0.1) is 12.6 Å². The van der Waals surface area contributed by atoms with Gasteiger partial charge < -0.3 is 4.42 Å². The van der Waals surface area contributed by atoms with E-state index in [1.807, 2.05) is 30.3 Å². The summed E-state index contributed by atoms with van der Waals surface area (Å²) >= 11 is 0. The van der Waals surface area contributed by atoms with Crippen LogP contribution >= 0.6 is 0 Å². The summed E-state index contributed by atoms with van der Waals surface area (Å²) < 4.78 is 7.27. The predicted octanol–water partition coefficient (Wildman–Crippen LogP) is 2.96. The second-order valence-corrected chi connectivity index (χ2v) is 5.74. The summed E-state index contributed by atoms with van der Waals surface area (Å²) in [5, 5.41) is 13.5. The van der Waals surface area contributed by atoms with E-state index in [1.165, 1.54) is 6.33 Å². The molecule has 0 saturated carbocycles. The molecule has 0 fully saturated rings. The maximum atomic E-state index is 12.7. The molecule has 7 nitrogen and oxygen atoms in total. The van der Waals surface area contributed by atoms with E-state index in [1.54, 1.807) is 35.3 Å². The molecule has 0 aliphatic carbocycles. The van der Waals surface area contributed by atoms with Crippen LogP contribution in [0.2, 0.25) is 0 Å². The van der Waals surface area contributed by atoms with Crippen molar-refractivity contribution in [2.45, 2.75) is 12.5 Å². The average Bonchev–Trinajstić information content (AvgIpc) is 3.32. The zero-order valence-electron chi connectivity index (χ0n) is 13.6. The molecule has 0 spiro atoms. The third kappa shape index (κ3) is 2.96. The molecule has 126 valence electrons. The monoisotopic (exact) mass is 343 g/mol. The lowest BCUT2D eigenvalue weighted by atomic mass is 9.98. The summed E-state index contributed by atoms with van der Waals surface area (Å²) in [4.78, 5) is 20.9. The molecule has 2 heterocycles. The van der Waals surface area contributed by atoms with Crippen LogP contribution in [0.4, 0.5) is 0 Å². The van der Waals surface area contributed by atoms with Crippen LogP contribution in [-0.4, -0.2) is 25.5 Å². The highest BCUT2D eigenvalue weighted by molar-refractivity contribution is 6.02. The summed E-state index contributed by atoms with van der Waals surface area (Å²) in [6, 6.07) is 16.2. The third-order valence-electron chi connectivity index (χ3n) is 4.00. The SMILES string of the molecule is N#C[C@H](C(=O)c1ccc(Cn2cncn2)cc1)c1nc2ccccc2o1. The van der Waals surface area contributed by atoms with E-state index < -0.39 is 5.92 Å². The number of ketones is 1. The van der Waals surface area contributed by atoms with Crippen LogP contribution in [-0.2, 0) is 6.54 Å². The van der Waals surface area contributed by atoms with E-state index in [-0.39, 0.29) is 11.7 Å². The number of nitrogens with zero attached hydrogens (tertiary/aromatic N) is 5. The molecule has 4 rings (SSSR count). The standard InChI is InChI=1S/C19H13N5O2/c20-9-15(19-23-16-3-1-2-4-17(16)26-19)18(25)14-7-5-13(6-8-14)10-24-12-21-11-22-24/h1-8,11-12,15H,10H2/t15-/m1/s1. The summed E-state index contributed by atoms with van der Waals surface area (Å²) in [5.41, 5.74) is 2.58. The van der Waals surface area contributed by atoms with Gasteiger partial charge in [0.1, 0.15) is 18.2 Å². The molecule has 0 bridgehead atoms. The molecule has 4 aromatic rings. The second-order valence-electron chi connectivity index (χ2n) is 5.74. The number of hydrogen-bond donors (Lipinski definition) is 0. The van der Waals surface area contributed by atoms with Crippen molar-refractivity contribution >= 4 is 16.9 Å². The van der Waals surface area contributed by atoms with Crippen molar-refractivity contribution < 1.29 is 9.21 Å². The lowest BCUT2D eigenvalue weighted by Crippen LogP contribution is -2.12. The fraction of sp³-hybridized carbons (Fsp3) is 0.105. The summed E-state index contributed by atoms with van der Waals surface area (Å²) in [7, 11) is 0. The van der Waals surface area contributed by atoms with Gasteiger partial charge in [0, 0.05) is 5.56 Å². The number of aromatic nitrogens is 4. The molecule has 2 aromatic carbocycles. The molecule has 1 atom stereocenters. The zero-order chi connectivity index (χ0) is 17.9. The van der Waals surface area contributed by atoms with Crippen molar-refractivity contribution in [3.8, 4) is 6.07 Å². The number of fused-ring (bicyclic) bond motifs is 1. The van der Waals surface area contributed by atoms with Crippen LogP contribution in [0, 0.1) is 11.3 Å². The smallest absolute Gasteiger partial charge is 0.220 e. The van der Waals surface area contributed by atoms with Gasteiger partial charge in [-0.1, -0.05) is 36.4 Å². The number of para-hydroxylation sites is 2. The van der Waals surface area contributed by atoms with Gasteiger partial charge >= 0.3 is 0 Å². The molecule has 0 amide bonds.